The summed E-state index contributed by atoms with van der Waals surface area (Å²) < 4.78 is 0. The van der Waals surface area contributed by atoms with Crippen molar-refractivity contribution < 1.29 is 15.3 Å². The summed E-state index contributed by atoms with van der Waals surface area (Å²) in [6, 6.07) is 8.71. The molecule has 3 N–H and O–H groups in total. The third kappa shape index (κ3) is 8.94. The highest BCUT2D eigenvalue weighted by molar-refractivity contribution is 5.18. The van der Waals surface area contributed by atoms with E-state index in [1.165, 1.54) is 0 Å². The second-order valence-corrected chi connectivity index (χ2v) is 1.34. The zero-order chi connectivity index (χ0) is 9.11. The first kappa shape index (κ1) is 12.6. The largest absolute Gasteiger partial charge is 0.508 e. The maximum absolute atomic E-state index is 8.63. The third-order valence-electron chi connectivity index (χ3n) is 0.756. The number of phenols is 1. The molecule has 0 saturated heterocycles. The minimum atomic E-state index is 0.322. The van der Waals surface area contributed by atoms with Crippen LogP contribution in [0.2, 0.25) is 0 Å². The summed E-state index contributed by atoms with van der Waals surface area (Å²) in [5.74, 6) is 0.322. The molecule has 0 aliphatic heterocycles. The Kier molecular flexibility index (Phi) is 13.4. The van der Waals surface area contributed by atoms with Crippen molar-refractivity contribution >= 4 is 0 Å². The number of phenolic OH excluding ortho intramolecular Hbond substituents is 1. The first-order chi connectivity index (χ1) is 5.39. The molecule has 0 saturated carbocycles. The number of rotatable bonds is 0. The van der Waals surface area contributed by atoms with E-state index in [9.17, 15) is 0 Å². The minimum absolute atomic E-state index is 0.322. The van der Waals surface area contributed by atoms with Crippen LogP contribution in [0.1, 0.15) is 0 Å². The number of aliphatic hydroxyl groups is 2. The maximum Gasteiger partial charge on any atom is 0.115 e. The van der Waals surface area contributed by atoms with Gasteiger partial charge in [-0.15, -0.1) is 0 Å². The molecule has 0 bridgehead atoms. The summed E-state index contributed by atoms with van der Waals surface area (Å²) in [7, 11) is 2.00. The molecule has 0 aliphatic rings. The summed E-state index contributed by atoms with van der Waals surface area (Å²) in [5.41, 5.74) is 0. The van der Waals surface area contributed by atoms with E-state index in [1.54, 1.807) is 24.3 Å². The predicted molar refractivity (Wildman–Crippen MR) is 44.4 cm³/mol. The summed E-state index contributed by atoms with van der Waals surface area (Å²) in [6.07, 6.45) is 0. The summed E-state index contributed by atoms with van der Waals surface area (Å²) in [5, 5.41) is 22.6. The van der Waals surface area contributed by atoms with E-state index in [1.807, 2.05) is 6.07 Å². The highest BCUT2D eigenvalue weighted by atomic mass is 16.3. The number of benzene rings is 1. The zero-order valence-electron chi connectivity index (χ0n) is 6.73. The van der Waals surface area contributed by atoms with E-state index in [2.05, 4.69) is 0 Å². The third-order valence-corrected chi connectivity index (χ3v) is 0.756. The Balaban J connectivity index is 0. The van der Waals surface area contributed by atoms with E-state index in [0.29, 0.717) is 5.75 Å². The van der Waals surface area contributed by atoms with Gasteiger partial charge in [-0.3, -0.25) is 0 Å². The predicted octanol–water partition coefficient (Wildman–Crippen LogP) is 0.609. The molecule has 1 aromatic rings. The normalized spacial score (nSPS) is 6.55. The number of aromatic hydroxyl groups is 1. The Hall–Kier alpha value is -1.06. The van der Waals surface area contributed by atoms with Gasteiger partial charge in [-0.2, -0.15) is 0 Å². The highest BCUT2D eigenvalue weighted by Crippen LogP contribution is 2.02. The van der Waals surface area contributed by atoms with Gasteiger partial charge in [-0.25, -0.2) is 0 Å². The van der Waals surface area contributed by atoms with Crippen LogP contribution in [0.4, 0.5) is 0 Å². The van der Waals surface area contributed by atoms with Gasteiger partial charge >= 0.3 is 0 Å². The molecule has 0 heterocycles. The van der Waals surface area contributed by atoms with Gasteiger partial charge in [0.2, 0.25) is 0 Å². The first-order valence-corrected chi connectivity index (χ1v) is 3.03. The van der Waals surface area contributed by atoms with E-state index in [0.717, 1.165) is 14.2 Å². The molecule has 0 fully saturated rings. The molecule has 3 heteroatoms. The van der Waals surface area contributed by atoms with Crippen LogP contribution in [0.15, 0.2) is 30.3 Å². The number of hydrogen-bond donors (Lipinski definition) is 3. The molecule has 0 unspecified atom stereocenters. The Morgan fingerprint density at radius 3 is 1.36 bits per heavy atom. The van der Waals surface area contributed by atoms with E-state index >= 15 is 0 Å². The Morgan fingerprint density at radius 1 is 0.818 bits per heavy atom. The zero-order valence-corrected chi connectivity index (χ0v) is 6.73. The minimum Gasteiger partial charge on any atom is -0.508 e. The first-order valence-electron chi connectivity index (χ1n) is 3.03. The Morgan fingerprint density at radius 2 is 1.18 bits per heavy atom. The van der Waals surface area contributed by atoms with Gasteiger partial charge in [0.25, 0.3) is 0 Å². The molecule has 0 spiro atoms. The van der Waals surface area contributed by atoms with Crippen LogP contribution >= 0.6 is 0 Å². The fourth-order valence-electron chi connectivity index (χ4n) is 0.428. The van der Waals surface area contributed by atoms with Gasteiger partial charge in [0, 0.05) is 14.2 Å². The monoisotopic (exact) mass is 158 g/mol. The second-order valence-electron chi connectivity index (χ2n) is 1.34. The lowest BCUT2D eigenvalue weighted by Gasteiger charge is -1.82. The molecular formula is C8H14O3. The van der Waals surface area contributed by atoms with E-state index in [-0.39, 0.29) is 0 Å². The topological polar surface area (TPSA) is 60.7 Å². The average molecular weight is 158 g/mol. The fourth-order valence-corrected chi connectivity index (χ4v) is 0.428. The van der Waals surface area contributed by atoms with Crippen molar-refractivity contribution in [2.24, 2.45) is 0 Å². The van der Waals surface area contributed by atoms with Gasteiger partial charge in [0.05, 0.1) is 0 Å². The van der Waals surface area contributed by atoms with E-state index < -0.39 is 0 Å². The fraction of sp³-hybridized carbons (Fsp3) is 0.250. The molecule has 64 valence electrons. The van der Waals surface area contributed by atoms with Crippen molar-refractivity contribution in [1.82, 2.24) is 0 Å². The number of aliphatic hydroxyl groups excluding tert-OH is 2. The van der Waals surface area contributed by atoms with Gasteiger partial charge < -0.3 is 15.3 Å². The van der Waals surface area contributed by atoms with Crippen LogP contribution < -0.4 is 0 Å². The number of hydrogen-bond acceptors (Lipinski definition) is 3. The molecule has 1 rings (SSSR count). The van der Waals surface area contributed by atoms with Crippen LogP contribution in [-0.4, -0.2) is 29.5 Å². The van der Waals surface area contributed by atoms with Crippen LogP contribution in [0.25, 0.3) is 0 Å². The molecule has 0 radical (unpaired) electrons. The molecule has 0 atom stereocenters. The molecular weight excluding hydrogens is 144 g/mol. The van der Waals surface area contributed by atoms with Crippen molar-refractivity contribution in [3.05, 3.63) is 30.3 Å². The van der Waals surface area contributed by atoms with Crippen molar-refractivity contribution in [3.63, 3.8) is 0 Å². The lowest BCUT2D eigenvalue weighted by atomic mass is 10.3. The van der Waals surface area contributed by atoms with Crippen molar-refractivity contribution in [2.75, 3.05) is 14.2 Å². The quantitative estimate of drug-likeness (QED) is 0.518. The Labute approximate surface area is 66.6 Å². The second kappa shape index (κ2) is 11.7. The van der Waals surface area contributed by atoms with Crippen LogP contribution in [0, 0.1) is 0 Å². The lowest BCUT2D eigenvalue weighted by molar-refractivity contribution is 0.399. The van der Waals surface area contributed by atoms with Crippen LogP contribution in [0.3, 0.4) is 0 Å². The molecule has 0 aliphatic carbocycles. The standard InChI is InChI=1S/C6H6O.2CH4O/c7-6-4-2-1-3-5-6;2*1-2/h1-5,7H;2*2H,1H3. The maximum atomic E-state index is 8.63. The van der Waals surface area contributed by atoms with Gasteiger partial charge in [-0.1, -0.05) is 18.2 Å². The molecule has 0 amide bonds. The summed E-state index contributed by atoms with van der Waals surface area (Å²) >= 11 is 0. The average Bonchev–Trinajstić information content (AvgIpc) is 2.13. The van der Waals surface area contributed by atoms with Crippen molar-refractivity contribution in [2.45, 2.75) is 0 Å². The summed E-state index contributed by atoms with van der Waals surface area (Å²) in [6.45, 7) is 0. The van der Waals surface area contributed by atoms with Gasteiger partial charge in [-0.05, 0) is 12.1 Å². The molecule has 0 aromatic heterocycles. The van der Waals surface area contributed by atoms with Crippen LogP contribution in [-0.2, 0) is 0 Å². The van der Waals surface area contributed by atoms with Crippen molar-refractivity contribution in [1.29, 1.82) is 0 Å². The van der Waals surface area contributed by atoms with Crippen LogP contribution in [0.5, 0.6) is 5.75 Å². The highest BCUT2D eigenvalue weighted by Gasteiger charge is 1.74. The molecule has 1 aromatic carbocycles. The molecule has 3 nitrogen and oxygen atoms in total. The lowest BCUT2D eigenvalue weighted by Crippen LogP contribution is -1.56. The number of para-hydroxylation sites is 1. The Bertz CT molecular complexity index is 139. The van der Waals surface area contributed by atoms with Crippen molar-refractivity contribution in [3.8, 4) is 5.75 Å². The smallest absolute Gasteiger partial charge is 0.115 e. The van der Waals surface area contributed by atoms with E-state index in [4.69, 9.17) is 15.3 Å². The molecule has 11 heavy (non-hydrogen) atoms. The van der Waals surface area contributed by atoms with Gasteiger partial charge in [0.1, 0.15) is 5.75 Å². The summed E-state index contributed by atoms with van der Waals surface area (Å²) in [4.78, 5) is 0. The SMILES string of the molecule is CO.CO.Oc1ccccc1. The van der Waals surface area contributed by atoms with Gasteiger partial charge in [0.15, 0.2) is 0 Å².